The highest BCUT2D eigenvalue weighted by molar-refractivity contribution is 7.51. The van der Waals surface area contributed by atoms with E-state index < -0.39 is 57.4 Å². The van der Waals surface area contributed by atoms with Crippen LogP contribution in [0.2, 0.25) is 0 Å². The number of rotatable bonds is 9. The molecule has 2 amide bonds. The number of aromatic nitrogens is 2. The number of hydrogen-bond donors (Lipinski definition) is 5. The fraction of sp³-hybridized carbons (Fsp3) is 0.296. The Morgan fingerprint density at radius 3 is 2.05 bits per heavy atom. The molecule has 0 aliphatic carbocycles. The summed E-state index contributed by atoms with van der Waals surface area (Å²) < 4.78 is 28.1. The van der Waals surface area contributed by atoms with E-state index in [-0.39, 0.29) is 35.2 Å². The molecule has 43 heavy (non-hydrogen) atoms. The first-order valence-corrected chi connectivity index (χ1v) is 16.5. The van der Waals surface area contributed by atoms with Gasteiger partial charge in [0, 0.05) is 42.5 Å². The molecule has 3 aromatic rings. The Kier molecular flexibility index (Phi) is 9.60. The molecular weight excluding hydrogens is 602 g/mol. The molecule has 14 nitrogen and oxygen atoms in total. The standard InChI is InChI=1S/C27H30N4O10P2/c1-16-3-5-28-22(7-16)23-11-19(4-6-29-23)25(32)30-21-12-24(27(34)41-2)31(13-21)26(33)20-9-17(14-42(35,36)37)8-18(10-20)15-43(38,39)40/h3-11,21,24H,12-15H2,1-2H3,(H,30,32)(H2,35,36,37)(H2,38,39,40)/t21-,24-/m0/s1. The second-order valence-electron chi connectivity index (χ2n) is 10.2. The monoisotopic (exact) mass is 632 g/mol. The first kappa shape index (κ1) is 32.2. The third-order valence-corrected chi connectivity index (χ3v) is 8.20. The number of nitrogens with zero attached hydrogens (tertiary/aromatic N) is 3. The quantitative estimate of drug-likeness (QED) is 0.169. The van der Waals surface area contributed by atoms with Gasteiger partial charge in [-0.05, 0) is 60.0 Å². The molecule has 4 rings (SSSR count). The minimum absolute atomic E-state index is 0.0129. The van der Waals surface area contributed by atoms with Gasteiger partial charge in [-0.1, -0.05) is 6.07 Å². The maximum atomic E-state index is 13.6. The zero-order chi connectivity index (χ0) is 31.5. The molecule has 228 valence electrons. The van der Waals surface area contributed by atoms with Gasteiger partial charge in [0.2, 0.25) is 0 Å². The van der Waals surface area contributed by atoms with Gasteiger partial charge in [-0.2, -0.15) is 0 Å². The van der Waals surface area contributed by atoms with Crippen molar-refractivity contribution in [3.63, 3.8) is 0 Å². The number of nitrogens with one attached hydrogen (secondary N) is 1. The molecule has 1 saturated heterocycles. The van der Waals surface area contributed by atoms with Crippen LogP contribution in [0.15, 0.2) is 54.9 Å². The number of esters is 1. The summed E-state index contributed by atoms with van der Waals surface area (Å²) >= 11 is 0. The highest BCUT2D eigenvalue weighted by Gasteiger charge is 2.41. The van der Waals surface area contributed by atoms with Gasteiger partial charge in [0.1, 0.15) is 6.04 Å². The van der Waals surface area contributed by atoms with Crippen molar-refractivity contribution in [3.05, 3.63) is 82.7 Å². The van der Waals surface area contributed by atoms with Gasteiger partial charge in [0.05, 0.1) is 30.8 Å². The molecular formula is C27H30N4O10P2. The van der Waals surface area contributed by atoms with E-state index in [1.54, 1.807) is 12.3 Å². The van der Waals surface area contributed by atoms with E-state index in [0.29, 0.717) is 11.4 Å². The van der Waals surface area contributed by atoms with Crippen LogP contribution in [0.3, 0.4) is 0 Å². The topological polar surface area (TPSA) is 217 Å². The summed E-state index contributed by atoms with van der Waals surface area (Å²) in [6.07, 6.45) is 1.57. The SMILES string of the molecule is COC(=O)[C@@H]1C[C@H](NC(=O)c2ccnc(-c3cc(C)ccn3)c2)CN1C(=O)c1cc(CP(=O)(O)O)cc(CP(=O)(O)O)c1. The van der Waals surface area contributed by atoms with E-state index >= 15 is 0 Å². The molecule has 0 saturated carbocycles. The van der Waals surface area contributed by atoms with Crippen LogP contribution in [0.25, 0.3) is 11.4 Å². The Bertz CT molecular complexity index is 1610. The molecule has 2 atom stereocenters. The van der Waals surface area contributed by atoms with Crippen LogP contribution in [0.1, 0.15) is 43.8 Å². The Morgan fingerprint density at radius 1 is 0.907 bits per heavy atom. The third-order valence-electron chi connectivity index (χ3n) is 6.65. The molecule has 1 aliphatic rings. The lowest BCUT2D eigenvalue weighted by Gasteiger charge is -2.23. The predicted molar refractivity (Wildman–Crippen MR) is 153 cm³/mol. The zero-order valence-corrected chi connectivity index (χ0v) is 24.9. The summed E-state index contributed by atoms with van der Waals surface area (Å²) in [5, 5.41) is 2.82. The van der Waals surface area contributed by atoms with E-state index in [1.807, 2.05) is 19.1 Å². The van der Waals surface area contributed by atoms with Gasteiger partial charge in [-0.3, -0.25) is 28.7 Å². The van der Waals surface area contributed by atoms with Gasteiger partial charge in [0.25, 0.3) is 11.8 Å². The number of amides is 2. The average Bonchev–Trinajstić information content (AvgIpc) is 3.33. The van der Waals surface area contributed by atoms with Crippen molar-refractivity contribution in [2.24, 2.45) is 0 Å². The van der Waals surface area contributed by atoms with Gasteiger partial charge in [-0.25, -0.2) is 4.79 Å². The first-order valence-electron chi connectivity index (χ1n) is 12.9. The zero-order valence-electron chi connectivity index (χ0n) is 23.2. The summed E-state index contributed by atoms with van der Waals surface area (Å²) in [6.45, 7) is 1.79. The van der Waals surface area contributed by atoms with Crippen LogP contribution in [0.4, 0.5) is 0 Å². The number of pyridine rings is 2. The number of aryl methyl sites for hydroxylation is 1. The van der Waals surface area contributed by atoms with Gasteiger partial charge < -0.3 is 34.5 Å². The number of benzene rings is 1. The smallest absolute Gasteiger partial charge is 0.329 e. The minimum Gasteiger partial charge on any atom is -0.467 e. The summed E-state index contributed by atoms with van der Waals surface area (Å²) in [5.41, 5.74) is 2.13. The molecule has 16 heteroatoms. The van der Waals surface area contributed by atoms with Crippen molar-refractivity contribution in [2.75, 3.05) is 13.7 Å². The molecule has 0 spiro atoms. The predicted octanol–water partition coefficient (Wildman–Crippen LogP) is 1.99. The number of methoxy groups -OCH3 is 1. The third kappa shape index (κ3) is 8.64. The van der Waals surface area contributed by atoms with E-state index in [4.69, 9.17) is 4.74 Å². The Balaban J connectivity index is 1.59. The number of carbonyl (C=O) groups is 3. The Hall–Kier alpha value is -3.77. The van der Waals surface area contributed by atoms with Crippen molar-refractivity contribution >= 4 is 33.0 Å². The van der Waals surface area contributed by atoms with Crippen LogP contribution in [-0.4, -0.2) is 78.0 Å². The van der Waals surface area contributed by atoms with Crippen molar-refractivity contribution in [3.8, 4) is 11.4 Å². The van der Waals surface area contributed by atoms with Crippen LogP contribution >= 0.6 is 15.2 Å². The summed E-state index contributed by atoms with van der Waals surface area (Å²) in [6, 6.07) is 8.55. The molecule has 1 aliphatic heterocycles. The molecule has 0 unspecified atom stereocenters. The molecule has 2 aromatic heterocycles. The molecule has 1 aromatic carbocycles. The molecule has 0 bridgehead atoms. The maximum Gasteiger partial charge on any atom is 0.329 e. The van der Waals surface area contributed by atoms with Gasteiger partial charge >= 0.3 is 21.2 Å². The lowest BCUT2D eigenvalue weighted by Crippen LogP contribution is -2.42. The summed E-state index contributed by atoms with van der Waals surface area (Å²) in [7, 11) is -8.05. The van der Waals surface area contributed by atoms with Crippen molar-refractivity contribution in [2.45, 2.75) is 37.8 Å². The van der Waals surface area contributed by atoms with E-state index in [2.05, 4.69) is 15.3 Å². The van der Waals surface area contributed by atoms with Crippen LogP contribution < -0.4 is 5.32 Å². The van der Waals surface area contributed by atoms with E-state index in [0.717, 1.165) is 17.6 Å². The maximum absolute atomic E-state index is 13.6. The molecule has 3 heterocycles. The lowest BCUT2D eigenvalue weighted by molar-refractivity contribution is -0.145. The first-order chi connectivity index (χ1) is 20.1. The number of hydrogen-bond acceptors (Lipinski definition) is 8. The van der Waals surface area contributed by atoms with E-state index in [9.17, 15) is 43.1 Å². The summed E-state index contributed by atoms with van der Waals surface area (Å²) in [5.74, 6) is -1.97. The second-order valence-corrected chi connectivity index (χ2v) is 13.5. The van der Waals surface area contributed by atoms with Crippen molar-refractivity contribution in [1.29, 1.82) is 0 Å². The molecule has 5 N–H and O–H groups in total. The van der Waals surface area contributed by atoms with Crippen LogP contribution in [0, 0.1) is 6.92 Å². The Labute approximate surface area is 246 Å². The number of carbonyl (C=O) groups excluding carboxylic acids is 3. The largest absolute Gasteiger partial charge is 0.467 e. The molecule has 1 fully saturated rings. The fourth-order valence-corrected chi connectivity index (χ4v) is 6.21. The number of ether oxygens (including phenoxy) is 1. The lowest BCUT2D eigenvalue weighted by atomic mass is 10.1. The minimum atomic E-state index is -4.60. The normalized spacial score (nSPS) is 17.0. The van der Waals surface area contributed by atoms with Crippen LogP contribution in [-0.2, 0) is 31.0 Å². The number of likely N-dealkylation sites (tertiary alicyclic amines) is 1. The average molecular weight is 633 g/mol. The van der Waals surface area contributed by atoms with Gasteiger partial charge in [-0.15, -0.1) is 0 Å². The summed E-state index contributed by atoms with van der Waals surface area (Å²) in [4.78, 5) is 87.0. The Morgan fingerprint density at radius 2 is 1.49 bits per heavy atom. The molecule has 0 radical (unpaired) electrons. The van der Waals surface area contributed by atoms with Crippen molar-refractivity contribution < 1.29 is 47.8 Å². The van der Waals surface area contributed by atoms with Gasteiger partial charge in [0.15, 0.2) is 0 Å². The highest BCUT2D eigenvalue weighted by Crippen LogP contribution is 2.42. The van der Waals surface area contributed by atoms with Crippen LogP contribution in [0.5, 0.6) is 0 Å². The van der Waals surface area contributed by atoms with E-state index in [1.165, 1.54) is 30.5 Å². The second kappa shape index (κ2) is 12.8. The van der Waals surface area contributed by atoms with Crippen molar-refractivity contribution in [1.82, 2.24) is 20.2 Å². The highest BCUT2D eigenvalue weighted by atomic mass is 31.2. The fourth-order valence-electron chi connectivity index (χ4n) is 4.89.